The molecule has 1 atom stereocenters. The van der Waals surface area contributed by atoms with Gasteiger partial charge in [0.1, 0.15) is 0 Å². The van der Waals surface area contributed by atoms with E-state index >= 15 is 0 Å². The smallest absolute Gasteiger partial charge is 0.0232 e. The lowest BCUT2D eigenvalue weighted by molar-refractivity contribution is 0.161. The average molecular weight is 244 g/mol. The van der Waals surface area contributed by atoms with Gasteiger partial charge in [0.05, 0.1) is 0 Å². The van der Waals surface area contributed by atoms with Crippen LogP contribution in [0.3, 0.4) is 0 Å². The first-order valence-corrected chi connectivity index (χ1v) is 7.35. The van der Waals surface area contributed by atoms with Crippen molar-refractivity contribution in [2.45, 2.75) is 38.1 Å². The molecule has 0 aromatic heterocycles. The Morgan fingerprint density at radius 3 is 2.56 bits per heavy atom. The standard InChI is InChI=1S/C16H24N2/c1-13-4-2-3-5-16(13)14-7-10-18(11-8-14)15-6-9-17-12-15/h2-5,14-15,17H,6-12H2,1H3. The van der Waals surface area contributed by atoms with Gasteiger partial charge >= 0.3 is 0 Å². The number of nitrogens with zero attached hydrogens (tertiary/aromatic N) is 1. The molecule has 1 N–H and O–H groups in total. The summed E-state index contributed by atoms with van der Waals surface area (Å²) in [5, 5.41) is 3.48. The van der Waals surface area contributed by atoms with Crippen molar-refractivity contribution < 1.29 is 0 Å². The molecule has 1 aromatic rings. The van der Waals surface area contributed by atoms with Crippen LogP contribution in [-0.2, 0) is 0 Å². The van der Waals surface area contributed by atoms with Gasteiger partial charge in [0, 0.05) is 12.6 Å². The van der Waals surface area contributed by atoms with Gasteiger partial charge in [-0.15, -0.1) is 0 Å². The molecule has 98 valence electrons. The Morgan fingerprint density at radius 2 is 1.89 bits per heavy atom. The Morgan fingerprint density at radius 1 is 1.11 bits per heavy atom. The van der Waals surface area contributed by atoms with Gasteiger partial charge in [0.15, 0.2) is 0 Å². The first-order chi connectivity index (χ1) is 8.84. The van der Waals surface area contributed by atoms with Gasteiger partial charge in [0.2, 0.25) is 0 Å². The summed E-state index contributed by atoms with van der Waals surface area (Å²) < 4.78 is 0. The number of aryl methyl sites for hydroxylation is 1. The largest absolute Gasteiger partial charge is 0.315 e. The quantitative estimate of drug-likeness (QED) is 0.860. The molecule has 2 aliphatic heterocycles. The van der Waals surface area contributed by atoms with Gasteiger partial charge in [0.25, 0.3) is 0 Å². The zero-order chi connectivity index (χ0) is 12.4. The van der Waals surface area contributed by atoms with Crippen LogP contribution in [0.15, 0.2) is 24.3 Å². The normalized spacial score (nSPS) is 26.6. The lowest BCUT2D eigenvalue weighted by Gasteiger charge is -2.36. The molecular formula is C16H24N2. The number of rotatable bonds is 2. The van der Waals surface area contributed by atoms with Crippen molar-refractivity contribution in [1.29, 1.82) is 0 Å². The van der Waals surface area contributed by atoms with E-state index in [0.29, 0.717) is 0 Å². The van der Waals surface area contributed by atoms with Crippen molar-refractivity contribution in [2.24, 2.45) is 0 Å². The number of nitrogens with one attached hydrogen (secondary N) is 1. The summed E-state index contributed by atoms with van der Waals surface area (Å²) in [7, 11) is 0. The fourth-order valence-corrected chi connectivity index (χ4v) is 3.57. The van der Waals surface area contributed by atoms with Crippen LogP contribution >= 0.6 is 0 Å². The second kappa shape index (κ2) is 5.41. The fraction of sp³-hybridized carbons (Fsp3) is 0.625. The molecule has 0 saturated carbocycles. The van der Waals surface area contributed by atoms with Crippen LogP contribution in [-0.4, -0.2) is 37.1 Å². The van der Waals surface area contributed by atoms with E-state index in [0.717, 1.165) is 12.0 Å². The predicted molar refractivity (Wildman–Crippen MR) is 76.0 cm³/mol. The minimum atomic E-state index is 0.789. The lowest BCUT2D eigenvalue weighted by atomic mass is 9.86. The van der Waals surface area contributed by atoms with Crippen molar-refractivity contribution in [2.75, 3.05) is 26.2 Å². The SMILES string of the molecule is Cc1ccccc1C1CCN(C2CCNC2)CC1. The molecule has 0 radical (unpaired) electrons. The van der Waals surface area contributed by atoms with E-state index < -0.39 is 0 Å². The molecule has 2 nitrogen and oxygen atoms in total. The van der Waals surface area contributed by atoms with Crippen LogP contribution in [0.4, 0.5) is 0 Å². The lowest BCUT2D eigenvalue weighted by Crippen LogP contribution is -2.42. The van der Waals surface area contributed by atoms with Crippen molar-refractivity contribution in [3.8, 4) is 0 Å². The second-order valence-corrected chi connectivity index (χ2v) is 5.81. The predicted octanol–water partition coefficient (Wildman–Crippen LogP) is 2.54. The zero-order valence-electron chi connectivity index (χ0n) is 11.4. The number of likely N-dealkylation sites (tertiary alicyclic amines) is 1. The zero-order valence-corrected chi connectivity index (χ0v) is 11.4. The summed E-state index contributed by atoms with van der Waals surface area (Å²) >= 11 is 0. The maximum Gasteiger partial charge on any atom is 0.0232 e. The summed E-state index contributed by atoms with van der Waals surface area (Å²) in [5.74, 6) is 0.789. The van der Waals surface area contributed by atoms with E-state index in [9.17, 15) is 0 Å². The van der Waals surface area contributed by atoms with E-state index in [-0.39, 0.29) is 0 Å². The summed E-state index contributed by atoms with van der Waals surface area (Å²) in [6, 6.07) is 9.73. The number of benzene rings is 1. The summed E-state index contributed by atoms with van der Waals surface area (Å²) in [5.41, 5.74) is 3.06. The molecule has 2 heteroatoms. The third-order valence-corrected chi connectivity index (χ3v) is 4.71. The fourth-order valence-electron chi connectivity index (χ4n) is 3.57. The maximum atomic E-state index is 3.48. The highest BCUT2D eigenvalue weighted by Crippen LogP contribution is 2.31. The Kier molecular flexibility index (Phi) is 3.67. The minimum absolute atomic E-state index is 0.789. The van der Waals surface area contributed by atoms with Gasteiger partial charge < -0.3 is 5.32 Å². The van der Waals surface area contributed by atoms with Gasteiger partial charge in [-0.05, 0) is 62.9 Å². The monoisotopic (exact) mass is 244 g/mol. The topological polar surface area (TPSA) is 15.3 Å². The van der Waals surface area contributed by atoms with Crippen molar-refractivity contribution in [3.63, 3.8) is 0 Å². The number of hydrogen-bond donors (Lipinski definition) is 1. The van der Waals surface area contributed by atoms with E-state index in [1.807, 2.05) is 0 Å². The highest BCUT2D eigenvalue weighted by Gasteiger charge is 2.27. The number of hydrogen-bond acceptors (Lipinski definition) is 2. The highest BCUT2D eigenvalue weighted by atomic mass is 15.2. The molecule has 0 aliphatic carbocycles. The van der Waals surface area contributed by atoms with Crippen LogP contribution in [0.25, 0.3) is 0 Å². The molecule has 1 aromatic carbocycles. The van der Waals surface area contributed by atoms with Gasteiger partial charge in [-0.2, -0.15) is 0 Å². The van der Waals surface area contributed by atoms with Gasteiger partial charge in [-0.25, -0.2) is 0 Å². The maximum absolute atomic E-state index is 3.48. The molecule has 2 aliphatic rings. The van der Waals surface area contributed by atoms with Crippen LogP contribution in [0.1, 0.15) is 36.3 Å². The molecule has 3 rings (SSSR count). The first-order valence-electron chi connectivity index (χ1n) is 7.35. The first kappa shape index (κ1) is 12.2. The van der Waals surface area contributed by atoms with Gasteiger partial charge in [-0.3, -0.25) is 4.90 Å². The Bertz CT molecular complexity index is 388. The molecule has 0 amide bonds. The third-order valence-electron chi connectivity index (χ3n) is 4.71. The molecule has 1 unspecified atom stereocenters. The Labute approximate surface area is 110 Å². The molecule has 2 heterocycles. The van der Waals surface area contributed by atoms with Crippen LogP contribution in [0.5, 0.6) is 0 Å². The van der Waals surface area contributed by atoms with E-state index in [2.05, 4.69) is 41.4 Å². The summed E-state index contributed by atoms with van der Waals surface area (Å²) in [4.78, 5) is 2.70. The second-order valence-electron chi connectivity index (χ2n) is 5.81. The van der Waals surface area contributed by atoms with Crippen LogP contribution < -0.4 is 5.32 Å². The van der Waals surface area contributed by atoms with Gasteiger partial charge in [-0.1, -0.05) is 24.3 Å². The van der Waals surface area contributed by atoms with E-state index in [1.165, 1.54) is 51.0 Å². The van der Waals surface area contributed by atoms with Crippen LogP contribution in [0.2, 0.25) is 0 Å². The van der Waals surface area contributed by atoms with E-state index in [4.69, 9.17) is 0 Å². The molecule has 2 fully saturated rings. The molecular weight excluding hydrogens is 220 g/mol. The third kappa shape index (κ3) is 2.45. The van der Waals surface area contributed by atoms with Crippen molar-refractivity contribution in [3.05, 3.63) is 35.4 Å². The van der Waals surface area contributed by atoms with Crippen LogP contribution in [0, 0.1) is 6.92 Å². The molecule has 0 bridgehead atoms. The highest BCUT2D eigenvalue weighted by molar-refractivity contribution is 5.29. The molecule has 2 saturated heterocycles. The Hall–Kier alpha value is -0.860. The van der Waals surface area contributed by atoms with Crippen molar-refractivity contribution in [1.82, 2.24) is 10.2 Å². The summed E-state index contributed by atoms with van der Waals surface area (Å²) in [6.07, 6.45) is 4.01. The summed E-state index contributed by atoms with van der Waals surface area (Å²) in [6.45, 7) is 7.23. The van der Waals surface area contributed by atoms with E-state index in [1.54, 1.807) is 5.56 Å². The minimum Gasteiger partial charge on any atom is -0.315 e. The Balaban J connectivity index is 1.61. The van der Waals surface area contributed by atoms with Crippen molar-refractivity contribution >= 4 is 0 Å². The molecule has 18 heavy (non-hydrogen) atoms. The molecule has 0 spiro atoms. The number of piperidine rings is 1. The average Bonchev–Trinajstić information content (AvgIpc) is 2.94.